The Balaban J connectivity index is 1.78. The lowest BCUT2D eigenvalue weighted by molar-refractivity contribution is 0.126. The van der Waals surface area contributed by atoms with Gasteiger partial charge in [0, 0.05) is 17.3 Å². The zero-order chi connectivity index (χ0) is 13.1. The molecule has 0 unspecified atom stereocenters. The van der Waals surface area contributed by atoms with Gasteiger partial charge in [0.15, 0.2) is 0 Å². The number of hydrogen-bond acceptors (Lipinski definition) is 3. The molecule has 0 saturated heterocycles. The summed E-state index contributed by atoms with van der Waals surface area (Å²) in [6.07, 6.45) is 5.41. The van der Waals surface area contributed by atoms with Gasteiger partial charge in [-0.3, -0.25) is 0 Å². The molecule has 2 aromatic rings. The van der Waals surface area contributed by atoms with Crippen molar-refractivity contribution in [1.29, 1.82) is 0 Å². The SMILES string of the molecule is OC1CCC(Nc2ccccc2-c2ccco2)CC1. The van der Waals surface area contributed by atoms with Crippen molar-refractivity contribution >= 4 is 5.69 Å². The Morgan fingerprint density at radius 3 is 2.53 bits per heavy atom. The number of aliphatic hydroxyl groups is 1. The summed E-state index contributed by atoms with van der Waals surface area (Å²) < 4.78 is 5.49. The smallest absolute Gasteiger partial charge is 0.135 e. The second-order valence-electron chi connectivity index (χ2n) is 5.17. The summed E-state index contributed by atoms with van der Waals surface area (Å²) in [6.45, 7) is 0. The molecular formula is C16H19NO2. The lowest BCUT2D eigenvalue weighted by Crippen LogP contribution is -2.28. The maximum absolute atomic E-state index is 9.56. The van der Waals surface area contributed by atoms with Gasteiger partial charge in [-0.1, -0.05) is 12.1 Å². The number of furan rings is 1. The highest BCUT2D eigenvalue weighted by atomic mass is 16.3. The Labute approximate surface area is 113 Å². The Kier molecular flexibility index (Phi) is 3.56. The number of para-hydroxylation sites is 1. The molecule has 1 heterocycles. The van der Waals surface area contributed by atoms with E-state index < -0.39 is 0 Å². The fourth-order valence-corrected chi connectivity index (χ4v) is 2.70. The maximum atomic E-state index is 9.56. The highest BCUT2D eigenvalue weighted by Crippen LogP contribution is 2.30. The third-order valence-corrected chi connectivity index (χ3v) is 3.77. The summed E-state index contributed by atoms with van der Waals surface area (Å²) in [6, 6.07) is 12.5. The normalized spacial score (nSPS) is 23.2. The molecule has 3 nitrogen and oxygen atoms in total. The third-order valence-electron chi connectivity index (χ3n) is 3.77. The first-order valence-corrected chi connectivity index (χ1v) is 6.90. The van der Waals surface area contributed by atoms with E-state index in [-0.39, 0.29) is 6.10 Å². The minimum Gasteiger partial charge on any atom is -0.464 e. The first kappa shape index (κ1) is 12.3. The molecule has 0 radical (unpaired) electrons. The molecule has 3 rings (SSSR count). The monoisotopic (exact) mass is 257 g/mol. The minimum atomic E-state index is -0.113. The van der Waals surface area contributed by atoms with Crippen molar-refractivity contribution in [2.45, 2.75) is 37.8 Å². The molecule has 0 amide bonds. The average molecular weight is 257 g/mol. The van der Waals surface area contributed by atoms with E-state index in [1.807, 2.05) is 24.3 Å². The van der Waals surface area contributed by atoms with Crippen molar-refractivity contribution in [3.05, 3.63) is 42.7 Å². The van der Waals surface area contributed by atoms with Gasteiger partial charge in [0.2, 0.25) is 0 Å². The van der Waals surface area contributed by atoms with Crippen LogP contribution in [0, 0.1) is 0 Å². The van der Waals surface area contributed by atoms with E-state index in [4.69, 9.17) is 4.42 Å². The van der Waals surface area contributed by atoms with Crippen LogP contribution in [0.15, 0.2) is 47.1 Å². The first-order valence-electron chi connectivity index (χ1n) is 6.90. The number of benzene rings is 1. The molecule has 1 aromatic heterocycles. The van der Waals surface area contributed by atoms with Gasteiger partial charge in [-0.25, -0.2) is 0 Å². The first-order chi connectivity index (χ1) is 9.33. The zero-order valence-electron chi connectivity index (χ0n) is 10.9. The van der Waals surface area contributed by atoms with Gasteiger partial charge >= 0.3 is 0 Å². The van der Waals surface area contributed by atoms with Crippen molar-refractivity contribution in [1.82, 2.24) is 0 Å². The maximum Gasteiger partial charge on any atom is 0.135 e. The molecule has 19 heavy (non-hydrogen) atoms. The average Bonchev–Trinajstić information content (AvgIpc) is 2.96. The van der Waals surface area contributed by atoms with Crippen molar-refractivity contribution in [3.8, 4) is 11.3 Å². The van der Waals surface area contributed by atoms with Crippen LogP contribution < -0.4 is 5.32 Å². The van der Waals surface area contributed by atoms with Crippen molar-refractivity contribution in [2.75, 3.05) is 5.32 Å². The number of anilines is 1. The van der Waals surface area contributed by atoms with Crippen LogP contribution in [-0.2, 0) is 0 Å². The standard InChI is InChI=1S/C16H19NO2/c18-13-9-7-12(8-10-13)17-15-5-2-1-4-14(15)16-6-3-11-19-16/h1-6,11-13,17-18H,7-10H2. The van der Waals surface area contributed by atoms with Crippen LogP contribution in [0.5, 0.6) is 0 Å². The van der Waals surface area contributed by atoms with Crippen LogP contribution in [0.2, 0.25) is 0 Å². The van der Waals surface area contributed by atoms with Gasteiger partial charge in [-0.15, -0.1) is 0 Å². The van der Waals surface area contributed by atoms with Gasteiger partial charge in [0.25, 0.3) is 0 Å². The molecule has 1 saturated carbocycles. The second-order valence-corrected chi connectivity index (χ2v) is 5.17. The molecule has 1 fully saturated rings. The second kappa shape index (κ2) is 5.49. The number of nitrogens with one attached hydrogen (secondary N) is 1. The van der Waals surface area contributed by atoms with E-state index in [2.05, 4.69) is 17.4 Å². The Hall–Kier alpha value is -1.74. The fraction of sp³-hybridized carbons (Fsp3) is 0.375. The molecule has 100 valence electrons. The highest BCUT2D eigenvalue weighted by Gasteiger charge is 2.20. The lowest BCUT2D eigenvalue weighted by atomic mass is 9.92. The summed E-state index contributed by atoms with van der Waals surface area (Å²) in [5.74, 6) is 0.888. The van der Waals surface area contributed by atoms with Crippen molar-refractivity contribution in [3.63, 3.8) is 0 Å². The summed E-state index contributed by atoms with van der Waals surface area (Å²) in [7, 11) is 0. The van der Waals surface area contributed by atoms with Gasteiger partial charge in [-0.2, -0.15) is 0 Å². The molecular weight excluding hydrogens is 238 g/mol. The number of aliphatic hydroxyl groups excluding tert-OH is 1. The van der Waals surface area contributed by atoms with Crippen molar-refractivity contribution in [2.24, 2.45) is 0 Å². The van der Waals surface area contributed by atoms with E-state index in [9.17, 15) is 5.11 Å². The molecule has 1 aliphatic rings. The fourth-order valence-electron chi connectivity index (χ4n) is 2.70. The van der Waals surface area contributed by atoms with E-state index in [0.29, 0.717) is 6.04 Å². The van der Waals surface area contributed by atoms with Gasteiger partial charge < -0.3 is 14.8 Å². The lowest BCUT2D eigenvalue weighted by Gasteiger charge is -2.27. The summed E-state index contributed by atoms with van der Waals surface area (Å²) in [4.78, 5) is 0. The van der Waals surface area contributed by atoms with Crippen LogP contribution in [0.25, 0.3) is 11.3 Å². The molecule has 0 aliphatic heterocycles. The van der Waals surface area contributed by atoms with Crippen LogP contribution in [0.1, 0.15) is 25.7 Å². The van der Waals surface area contributed by atoms with E-state index in [1.54, 1.807) is 6.26 Å². The van der Waals surface area contributed by atoms with E-state index in [0.717, 1.165) is 42.7 Å². The molecule has 0 spiro atoms. The molecule has 3 heteroatoms. The third kappa shape index (κ3) is 2.82. The molecule has 1 aromatic carbocycles. The zero-order valence-corrected chi connectivity index (χ0v) is 10.9. The minimum absolute atomic E-state index is 0.113. The predicted octanol–water partition coefficient (Wildman–Crippen LogP) is 3.66. The topological polar surface area (TPSA) is 45.4 Å². The molecule has 2 N–H and O–H groups in total. The number of rotatable bonds is 3. The van der Waals surface area contributed by atoms with Crippen LogP contribution in [-0.4, -0.2) is 17.3 Å². The highest BCUT2D eigenvalue weighted by molar-refractivity contribution is 5.74. The molecule has 1 aliphatic carbocycles. The summed E-state index contributed by atoms with van der Waals surface area (Å²) in [5, 5.41) is 13.1. The number of hydrogen-bond donors (Lipinski definition) is 2. The van der Waals surface area contributed by atoms with Gasteiger partial charge in [0.05, 0.1) is 12.4 Å². The van der Waals surface area contributed by atoms with Gasteiger partial charge in [-0.05, 0) is 49.9 Å². The van der Waals surface area contributed by atoms with Gasteiger partial charge in [0.1, 0.15) is 5.76 Å². The Morgan fingerprint density at radius 2 is 1.79 bits per heavy atom. The molecule has 0 atom stereocenters. The van der Waals surface area contributed by atoms with Crippen molar-refractivity contribution < 1.29 is 9.52 Å². The van der Waals surface area contributed by atoms with Crippen LogP contribution >= 0.6 is 0 Å². The largest absolute Gasteiger partial charge is 0.464 e. The quantitative estimate of drug-likeness (QED) is 0.882. The van der Waals surface area contributed by atoms with E-state index in [1.165, 1.54) is 0 Å². The Bertz CT molecular complexity index is 513. The summed E-state index contributed by atoms with van der Waals surface area (Å²) in [5.41, 5.74) is 2.21. The Morgan fingerprint density at radius 1 is 1.00 bits per heavy atom. The van der Waals surface area contributed by atoms with E-state index >= 15 is 0 Å². The van der Waals surface area contributed by atoms with Crippen LogP contribution in [0.3, 0.4) is 0 Å². The molecule has 0 bridgehead atoms. The predicted molar refractivity (Wildman–Crippen MR) is 76.0 cm³/mol. The van der Waals surface area contributed by atoms with Crippen LogP contribution in [0.4, 0.5) is 5.69 Å². The summed E-state index contributed by atoms with van der Waals surface area (Å²) >= 11 is 0.